The minimum Gasteiger partial charge on any atom is -0.352 e. The molecule has 1 atom stereocenters. The van der Waals surface area contributed by atoms with E-state index in [9.17, 15) is 4.79 Å². The Morgan fingerprint density at radius 3 is 2.53 bits per heavy atom. The summed E-state index contributed by atoms with van der Waals surface area (Å²) in [5.41, 5.74) is 0. The number of carbonyl (C=O) groups is 1. The molecule has 86 valence electrons. The first-order chi connectivity index (χ1) is 7.25. The highest BCUT2D eigenvalue weighted by atomic mass is 16.1. The number of rotatable bonds is 2. The van der Waals surface area contributed by atoms with Crippen LogP contribution in [0.3, 0.4) is 0 Å². The Balaban J connectivity index is 1.75. The fraction of sp³-hybridized carbons (Fsp3) is 0.917. The van der Waals surface area contributed by atoms with Gasteiger partial charge in [-0.15, -0.1) is 0 Å². The van der Waals surface area contributed by atoms with Crippen LogP contribution in [0.1, 0.15) is 39.0 Å². The zero-order valence-electron chi connectivity index (χ0n) is 9.59. The van der Waals surface area contributed by atoms with E-state index in [1.165, 1.54) is 12.8 Å². The second-order valence-corrected chi connectivity index (χ2v) is 5.16. The molecule has 2 fully saturated rings. The van der Waals surface area contributed by atoms with Gasteiger partial charge in [-0.2, -0.15) is 0 Å². The molecule has 0 spiro atoms. The van der Waals surface area contributed by atoms with Gasteiger partial charge in [0.15, 0.2) is 0 Å². The summed E-state index contributed by atoms with van der Waals surface area (Å²) in [5.74, 6) is 1.42. The second-order valence-electron chi connectivity index (χ2n) is 5.16. The molecule has 1 heterocycles. The second kappa shape index (κ2) is 4.97. The summed E-state index contributed by atoms with van der Waals surface area (Å²) in [4.78, 5) is 11.9. The summed E-state index contributed by atoms with van der Waals surface area (Å²) in [6.07, 6.45) is 5.72. The van der Waals surface area contributed by atoms with Crippen LogP contribution in [0.4, 0.5) is 0 Å². The fourth-order valence-corrected chi connectivity index (χ4v) is 2.62. The highest BCUT2D eigenvalue weighted by Crippen LogP contribution is 2.28. The van der Waals surface area contributed by atoms with E-state index in [-0.39, 0.29) is 0 Å². The van der Waals surface area contributed by atoms with Crippen molar-refractivity contribution in [1.82, 2.24) is 10.6 Å². The third-order valence-electron chi connectivity index (χ3n) is 3.79. The third-order valence-corrected chi connectivity index (χ3v) is 3.79. The van der Waals surface area contributed by atoms with E-state index in [1.54, 1.807) is 0 Å². The van der Waals surface area contributed by atoms with E-state index >= 15 is 0 Å². The first-order valence-electron chi connectivity index (χ1n) is 6.27. The number of hydrogen-bond acceptors (Lipinski definition) is 2. The molecule has 3 nitrogen and oxygen atoms in total. The molecule has 3 heteroatoms. The van der Waals surface area contributed by atoms with Gasteiger partial charge in [-0.1, -0.05) is 6.92 Å². The lowest BCUT2D eigenvalue weighted by molar-refractivity contribution is -0.126. The molecule has 0 radical (unpaired) electrons. The quantitative estimate of drug-likeness (QED) is 0.721. The molecule has 1 aliphatic heterocycles. The van der Waals surface area contributed by atoms with Crippen LogP contribution in [0.25, 0.3) is 0 Å². The average Bonchev–Trinajstić information content (AvgIpc) is 2.71. The van der Waals surface area contributed by atoms with Crippen LogP contribution >= 0.6 is 0 Å². The van der Waals surface area contributed by atoms with Crippen LogP contribution < -0.4 is 10.6 Å². The van der Waals surface area contributed by atoms with E-state index in [2.05, 4.69) is 17.6 Å². The van der Waals surface area contributed by atoms with Gasteiger partial charge in [0, 0.05) is 18.5 Å². The zero-order chi connectivity index (χ0) is 10.7. The predicted molar refractivity (Wildman–Crippen MR) is 60.5 cm³/mol. The highest BCUT2D eigenvalue weighted by molar-refractivity contribution is 5.79. The summed E-state index contributed by atoms with van der Waals surface area (Å²) in [6.45, 7) is 4.29. The van der Waals surface area contributed by atoms with Crippen molar-refractivity contribution in [2.45, 2.75) is 45.1 Å². The maximum Gasteiger partial charge on any atom is 0.223 e. The molecule has 1 saturated carbocycles. The fourth-order valence-electron chi connectivity index (χ4n) is 2.62. The van der Waals surface area contributed by atoms with Crippen molar-refractivity contribution in [2.24, 2.45) is 11.8 Å². The molecule has 1 saturated heterocycles. The van der Waals surface area contributed by atoms with Crippen LogP contribution in [0.5, 0.6) is 0 Å². The Labute approximate surface area is 92.0 Å². The first-order valence-corrected chi connectivity index (χ1v) is 6.27. The summed E-state index contributed by atoms with van der Waals surface area (Å²) in [6, 6.07) is 0.386. The van der Waals surface area contributed by atoms with Gasteiger partial charge < -0.3 is 10.6 Å². The van der Waals surface area contributed by atoms with Crippen LogP contribution in [-0.4, -0.2) is 25.0 Å². The van der Waals surface area contributed by atoms with Crippen molar-refractivity contribution in [3.63, 3.8) is 0 Å². The molecule has 1 unspecified atom stereocenters. The summed E-state index contributed by atoms with van der Waals surface area (Å²) in [7, 11) is 0. The molecule has 0 bridgehead atoms. The summed E-state index contributed by atoms with van der Waals surface area (Å²) >= 11 is 0. The summed E-state index contributed by atoms with van der Waals surface area (Å²) in [5, 5.41) is 6.43. The maximum absolute atomic E-state index is 11.9. The number of amides is 1. The van der Waals surface area contributed by atoms with E-state index in [4.69, 9.17) is 0 Å². The molecule has 1 amide bonds. The van der Waals surface area contributed by atoms with Crippen molar-refractivity contribution < 1.29 is 4.79 Å². The molecule has 0 aromatic rings. The van der Waals surface area contributed by atoms with Gasteiger partial charge in [-0.3, -0.25) is 4.79 Å². The highest BCUT2D eigenvalue weighted by Gasteiger charge is 2.26. The van der Waals surface area contributed by atoms with Gasteiger partial charge in [0.1, 0.15) is 0 Å². The van der Waals surface area contributed by atoms with Crippen molar-refractivity contribution >= 4 is 5.91 Å². The first kappa shape index (κ1) is 10.9. The molecule has 2 aliphatic rings. The number of nitrogens with one attached hydrogen (secondary N) is 2. The Morgan fingerprint density at radius 1 is 1.20 bits per heavy atom. The Hall–Kier alpha value is -0.570. The SMILES string of the molecule is CC1CCC(C(=O)NC2CCNC2)CC1. The maximum atomic E-state index is 11.9. The Kier molecular flexibility index (Phi) is 3.62. The van der Waals surface area contributed by atoms with Crippen LogP contribution in [0.15, 0.2) is 0 Å². The van der Waals surface area contributed by atoms with E-state index < -0.39 is 0 Å². The Morgan fingerprint density at radius 2 is 1.93 bits per heavy atom. The van der Waals surface area contributed by atoms with Gasteiger partial charge in [-0.25, -0.2) is 0 Å². The van der Waals surface area contributed by atoms with Gasteiger partial charge in [0.2, 0.25) is 5.91 Å². The van der Waals surface area contributed by atoms with Gasteiger partial charge in [0.25, 0.3) is 0 Å². The van der Waals surface area contributed by atoms with Crippen molar-refractivity contribution in [3.8, 4) is 0 Å². The average molecular weight is 210 g/mol. The largest absolute Gasteiger partial charge is 0.352 e. The van der Waals surface area contributed by atoms with Crippen molar-refractivity contribution in [3.05, 3.63) is 0 Å². The number of hydrogen-bond donors (Lipinski definition) is 2. The smallest absolute Gasteiger partial charge is 0.223 e. The molecule has 2 rings (SSSR count). The normalized spacial score (nSPS) is 36.5. The summed E-state index contributed by atoms with van der Waals surface area (Å²) < 4.78 is 0. The number of carbonyl (C=O) groups excluding carboxylic acids is 1. The minimum atomic E-state index is 0.293. The zero-order valence-corrected chi connectivity index (χ0v) is 9.59. The standard InChI is InChI=1S/C12H22N2O/c1-9-2-4-10(5-3-9)12(15)14-11-6-7-13-8-11/h9-11,13H,2-8H2,1H3,(H,14,15). The van der Waals surface area contributed by atoms with Crippen LogP contribution in [0.2, 0.25) is 0 Å². The Bertz CT molecular complexity index is 216. The lowest BCUT2D eigenvalue weighted by atomic mass is 9.82. The van der Waals surface area contributed by atoms with Crippen molar-refractivity contribution in [2.75, 3.05) is 13.1 Å². The van der Waals surface area contributed by atoms with E-state index in [0.29, 0.717) is 17.9 Å². The van der Waals surface area contributed by atoms with Gasteiger partial charge in [-0.05, 0) is 44.6 Å². The molecular formula is C12H22N2O. The molecule has 0 aromatic carbocycles. The predicted octanol–water partition coefficient (Wildman–Crippen LogP) is 1.29. The van der Waals surface area contributed by atoms with E-state index in [0.717, 1.165) is 38.3 Å². The topological polar surface area (TPSA) is 41.1 Å². The van der Waals surface area contributed by atoms with Crippen LogP contribution in [0, 0.1) is 11.8 Å². The van der Waals surface area contributed by atoms with Crippen LogP contribution in [-0.2, 0) is 4.79 Å². The lowest BCUT2D eigenvalue weighted by Gasteiger charge is -2.26. The molecule has 0 aromatic heterocycles. The minimum absolute atomic E-state index is 0.293. The van der Waals surface area contributed by atoms with Gasteiger partial charge in [0.05, 0.1) is 0 Å². The monoisotopic (exact) mass is 210 g/mol. The van der Waals surface area contributed by atoms with Crippen molar-refractivity contribution in [1.29, 1.82) is 0 Å². The molecular weight excluding hydrogens is 188 g/mol. The van der Waals surface area contributed by atoms with Gasteiger partial charge >= 0.3 is 0 Å². The lowest BCUT2D eigenvalue weighted by Crippen LogP contribution is -2.40. The molecule has 2 N–H and O–H groups in total. The van der Waals surface area contributed by atoms with E-state index in [1.807, 2.05) is 0 Å². The molecule has 1 aliphatic carbocycles. The molecule has 15 heavy (non-hydrogen) atoms. The third kappa shape index (κ3) is 2.94.